The quantitative estimate of drug-likeness (QED) is 0.442. The Hall–Kier alpha value is -2.20. The van der Waals surface area contributed by atoms with Gasteiger partial charge < -0.3 is 4.90 Å². The van der Waals surface area contributed by atoms with E-state index in [0.29, 0.717) is 6.54 Å². The van der Waals surface area contributed by atoms with Gasteiger partial charge in [0, 0.05) is 32.2 Å². The molecule has 0 unspecified atom stereocenters. The predicted molar refractivity (Wildman–Crippen MR) is 65.2 cm³/mol. The van der Waals surface area contributed by atoms with Crippen molar-refractivity contribution >= 4 is 11.5 Å². The fourth-order valence-corrected chi connectivity index (χ4v) is 1.91. The van der Waals surface area contributed by atoms with Crippen LogP contribution < -0.4 is 4.90 Å². The van der Waals surface area contributed by atoms with E-state index < -0.39 is 4.92 Å². The van der Waals surface area contributed by atoms with Gasteiger partial charge in [0.15, 0.2) is 0 Å². The molecule has 0 saturated carbocycles. The molecule has 0 aromatic carbocycles. The van der Waals surface area contributed by atoms with Crippen molar-refractivity contribution in [2.24, 2.45) is 0 Å². The number of hydrogen-bond acceptors (Lipinski definition) is 6. The summed E-state index contributed by atoms with van der Waals surface area (Å²) in [6, 6.07) is 5.26. The van der Waals surface area contributed by atoms with E-state index in [9.17, 15) is 10.1 Å². The molecule has 0 amide bonds. The Labute approximate surface area is 104 Å². The normalized spacial score (nSPS) is 16.3. The number of nitrogens with zero attached hydrogens (tertiary/aromatic N) is 5. The van der Waals surface area contributed by atoms with Crippen molar-refractivity contribution in [3.63, 3.8) is 0 Å². The molecule has 0 radical (unpaired) electrons. The monoisotopic (exact) mass is 247 g/mol. The van der Waals surface area contributed by atoms with Crippen LogP contribution in [0.1, 0.15) is 0 Å². The zero-order valence-electron chi connectivity index (χ0n) is 9.82. The first-order valence-corrected chi connectivity index (χ1v) is 5.65. The van der Waals surface area contributed by atoms with Crippen LogP contribution in [0.25, 0.3) is 0 Å². The second-order valence-electron chi connectivity index (χ2n) is 4.05. The zero-order valence-corrected chi connectivity index (χ0v) is 9.82. The smallest absolute Gasteiger partial charge is 0.287 e. The largest absolute Gasteiger partial charge is 0.354 e. The minimum atomic E-state index is -0.457. The highest BCUT2D eigenvalue weighted by molar-refractivity contribution is 5.43. The fourth-order valence-electron chi connectivity index (χ4n) is 1.91. The number of aromatic nitrogens is 1. The Bertz CT molecular complexity index is 459. The first kappa shape index (κ1) is 12.3. The summed E-state index contributed by atoms with van der Waals surface area (Å²) < 4.78 is 0. The third-order valence-corrected chi connectivity index (χ3v) is 2.93. The number of anilines is 1. The maximum atomic E-state index is 10.5. The number of piperazine rings is 1. The predicted octanol–water partition coefficient (Wildman–Crippen LogP) is 0.635. The molecule has 0 N–H and O–H groups in total. The lowest BCUT2D eigenvalue weighted by Crippen LogP contribution is -2.46. The van der Waals surface area contributed by atoms with E-state index in [1.54, 1.807) is 6.07 Å². The summed E-state index contributed by atoms with van der Waals surface area (Å²) in [5.74, 6) is 0.747. The maximum absolute atomic E-state index is 10.5. The highest BCUT2D eigenvalue weighted by atomic mass is 16.6. The van der Waals surface area contributed by atoms with Gasteiger partial charge in [0.2, 0.25) is 0 Å². The van der Waals surface area contributed by atoms with E-state index >= 15 is 0 Å². The first-order valence-electron chi connectivity index (χ1n) is 5.65. The average molecular weight is 247 g/mol. The van der Waals surface area contributed by atoms with Crippen molar-refractivity contribution in [2.45, 2.75) is 0 Å². The molecular weight excluding hydrogens is 234 g/mol. The highest BCUT2D eigenvalue weighted by Gasteiger charge is 2.18. The van der Waals surface area contributed by atoms with Crippen LogP contribution >= 0.6 is 0 Å². The molecule has 1 aliphatic rings. The number of nitriles is 1. The van der Waals surface area contributed by atoms with Crippen LogP contribution in [0.2, 0.25) is 0 Å². The van der Waals surface area contributed by atoms with Crippen molar-refractivity contribution in [1.29, 1.82) is 5.26 Å². The fraction of sp³-hybridized carbons (Fsp3) is 0.455. The van der Waals surface area contributed by atoms with Crippen LogP contribution in [0.4, 0.5) is 11.5 Å². The van der Waals surface area contributed by atoms with Crippen molar-refractivity contribution in [2.75, 3.05) is 37.6 Å². The van der Waals surface area contributed by atoms with Crippen LogP contribution in [-0.2, 0) is 0 Å². The molecule has 7 nitrogen and oxygen atoms in total. The second-order valence-corrected chi connectivity index (χ2v) is 4.05. The Balaban J connectivity index is 1.97. The number of rotatable bonds is 3. The molecule has 0 aliphatic carbocycles. The van der Waals surface area contributed by atoms with Crippen molar-refractivity contribution in [3.05, 3.63) is 28.4 Å². The van der Waals surface area contributed by atoms with Crippen LogP contribution in [0.15, 0.2) is 18.3 Å². The Morgan fingerprint density at radius 1 is 1.39 bits per heavy atom. The summed E-state index contributed by atoms with van der Waals surface area (Å²) in [6.45, 7) is 3.64. The SMILES string of the molecule is N#CCN1CCN(c2ccc([N+](=O)[O-])cn2)CC1. The lowest BCUT2D eigenvalue weighted by molar-refractivity contribution is -0.385. The average Bonchev–Trinajstić information content (AvgIpc) is 2.40. The second kappa shape index (κ2) is 5.42. The van der Waals surface area contributed by atoms with Gasteiger partial charge in [-0.2, -0.15) is 5.26 Å². The summed E-state index contributed by atoms with van der Waals surface area (Å²) in [7, 11) is 0. The molecule has 1 aromatic heterocycles. The van der Waals surface area contributed by atoms with E-state index in [-0.39, 0.29) is 5.69 Å². The maximum Gasteiger partial charge on any atom is 0.287 e. The van der Waals surface area contributed by atoms with Crippen molar-refractivity contribution in [1.82, 2.24) is 9.88 Å². The molecule has 18 heavy (non-hydrogen) atoms. The lowest BCUT2D eigenvalue weighted by atomic mass is 10.3. The third-order valence-electron chi connectivity index (χ3n) is 2.93. The summed E-state index contributed by atoms with van der Waals surface area (Å²) in [5.41, 5.74) is 0.00173. The Kier molecular flexibility index (Phi) is 3.69. The molecule has 1 saturated heterocycles. The molecular formula is C11H13N5O2. The summed E-state index contributed by atoms with van der Waals surface area (Å²) >= 11 is 0. The summed E-state index contributed by atoms with van der Waals surface area (Å²) in [5, 5.41) is 19.1. The molecule has 0 atom stereocenters. The number of nitro groups is 1. The zero-order chi connectivity index (χ0) is 13.0. The third kappa shape index (κ3) is 2.73. The first-order chi connectivity index (χ1) is 8.70. The van der Waals surface area contributed by atoms with E-state index in [0.717, 1.165) is 32.0 Å². The lowest BCUT2D eigenvalue weighted by Gasteiger charge is -2.33. The van der Waals surface area contributed by atoms with E-state index in [4.69, 9.17) is 5.26 Å². The van der Waals surface area contributed by atoms with Gasteiger partial charge in [0.05, 0.1) is 17.5 Å². The van der Waals surface area contributed by atoms with Gasteiger partial charge in [0.1, 0.15) is 12.0 Å². The molecule has 1 aromatic rings. The van der Waals surface area contributed by atoms with E-state index in [1.165, 1.54) is 12.3 Å². The molecule has 1 aliphatic heterocycles. The molecule has 0 spiro atoms. The van der Waals surface area contributed by atoms with Crippen LogP contribution in [0.5, 0.6) is 0 Å². The van der Waals surface area contributed by atoms with Gasteiger partial charge >= 0.3 is 0 Å². The van der Waals surface area contributed by atoms with Crippen LogP contribution in [0, 0.1) is 21.4 Å². The summed E-state index contributed by atoms with van der Waals surface area (Å²) in [6.07, 6.45) is 1.27. The number of pyridine rings is 1. The van der Waals surface area contributed by atoms with E-state index in [1.807, 2.05) is 0 Å². The Morgan fingerprint density at radius 3 is 2.61 bits per heavy atom. The molecule has 2 rings (SSSR count). The minimum absolute atomic E-state index is 0.00173. The van der Waals surface area contributed by atoms with Gasteiger partial charge in [-0.1, -0.05) is 0 Å². The summed E-state index contributed by atoms with van der Waals surface area (Å²) in [4.78, 5) is 18.3. The van der Waals surface area contributed by atoms with E-state index in [2.05, 4.69) is 20.9 Å². The Morgan fingerprint density at radius 2 is 2.11 bits per heavy atom. The van der Waals surface area contributed by atoms with Gasteiger partial charge in [-0.05, 0) is 6.07 Å². The topological polar surface area (TPSA) is 86.3 Å². The molecule has 2 heterocycles. The standard InChI is InChI=1S/C11H13N5O2/c12-3-4-14-5-7-15(8-6-14)11-2-1-10(9-13-11)16(17)18/h1-2,9H,4-8H2. The van der Waals surface area contributed by atoms with Crippen molar-refractivity contribution in [3.8, 4) is 6.07 Å². The van der Waals surface area contributed by atoms with Crippen LogP contribution in [-0.4, -0.2) is 47.5 Å². The van der Waals surface area contributed by atoms with Gasteiger partial charge in [-0.15, -0.1) is 0 Å². The molecule has 1 fully saturated rings. The van der Waals surface area contributed by atoms with Gasteiger partial charge in [0.25, 0.3) is 5.69 Å². The molecule has 0 bridgehead atoms. The highest BCUT2D eigenvalue weighted by Crippen LogP contribution is 2.17. The van der Waals surface area contributed by atoms with Gasteiger partial charge in [-0.25, -0.2) is 4.98 Å². The van der Waals surface area contributed by atoms with Gasteiger partial charge in [-0.3, -0.25) is 15.0 Å². The van der Waals surface area contributed by atoms with Crippen molar-refractivity contribution < 1.29 is 4.92 Å². The minimum Gasteiger partial charge on any atom is -0.354 e. The molecule has 7 heteroatoms. The molecule has 94 valence electrons. The number of hydrogen-bond donors (Lipinski definition) is 0. The van der Waals surface area contributed by atoms with Crippen LogP contribution in [0.3, 0.4) is 0 Å².